The van der Waals surface area contributed by atoms with Gasteiger partial charge >= 0.3 is 6.18 Å². The third-order valence-electron chi connectivity index (χ3n) is 2.41. The number of hydrogen-bond acceptors (Lipinski definition) is 3. The van der Waals surface area contributed by atoms with Crippen molar-refractivity contribution in [1.29, 1.82) is 0 Å². The van der Waals surface area contributed by atoms with E-state index >= 15 is 0 Å². The first-order valence-corrected chi connectivity index (χ1v) is 6.04. The van der Waals surface area contributed by atoms with E-state index in [1.807, 2.05) is 0 Å². The smallest absolute Gasteiger partial charge is 0.416 e. The molecule has 0 saturated carbocycles. The number of methoxy groups -OCH3 is 1. The normalized spacial score (nSPS) is 11.6. The highest BCUT2D eigenvalue weighted by Crippen LogP contribution is 2.31. The molecule has 0 aliphatic heterocycles. The number of nitrogens with one attached hydrogen (secondary N) is 1. The quantitative estimate of drug-likeness (QED) is 0.741. The Labute approximate surface area is 110 Å². The fourth-order valence-corrected chi connectivity index (χ4v) is 1.47. The summed E-state index contributed by atoms with van der Waals surface area (Å²) in [5.41, 5.74) is -0.696. The Morgan fingerprint density at radius 1 is 1.16 bits per heavy atom. The van der Waals surface area contributed by atoms with Crippen LogP contribution in [0.15, 0.2) is 24.3 Å². The van der Waals surface area contributed by atoms with Crippen LogP contribution in [0, 0.1) is 0 Å². The minimum atomic E-state index is -4.34. The van der Waals surface area contributed by atoms with Gasteiger partial charge in [-0.25, -0.2) is 0 Å². The number of hydrogen-bond donors (Lipinski definition) is 1. The van der Waals surface area contributed by atoms with Crippen molar-refractivity contribution in [2.24, 2.45) is 0 Å². The topological polar surface area (TPSA) is 30.5 Å². The maximum atomic E-state index is 12.4. The zero-order valence-corrected chi connectivity index (χ0v) is 10.8. The molecule has 0 aliphatic carbocycles. The van der Waals surface area contributed by atoms with Crippen molar-refractivity contribution in [3.8, 4) is 5.75 Å². The third-order valence-corrected chi connectivity index (χ3v) is 2.41. The van der Waals surface area contributed by atoms with Crippen molar-refractivity contribution in [2.75, 3.05) is 33.4 Å². The molecule has 108 valence electrons. The molecule has 1 N–H and O–H groups in total. The molecule has 0 saturated heterocycles. The van der Waals surface area contributed by atoms with Crippen LogP contribution in [0.3, 0.4) is 0 Å². The van der Waals surface area contributed by atoms with Crippen LogP contribution in [0.2, 0.25) is 0 Å². The monoisotopic (exact) mass is 277 g/mol. The summed E-state index contributed by atoms with van der Waals surface area (Å²) >= 11 is 0. The van der Waals surface area contributed by atoms with Gasteiger partial charge in [0.05, 0.1) is 5.56 Å². The zero-order valence-electron chi connectivity index (χ0n) is 10.8. The average molecular weight is 277 g/mol. The molecular formula is C13H18F3NO2. The highest BCUT2D eigenvalue weighted by Gasteiger charge is 2.30. The summed E-state index contributed by atoms with van der Waals surface area (Å²) in [6.07, 6.45) is -3.45. The summed E-state index contributed by atoms with van der Waals surface area (Å²) in [7, 11) is 1.64. The van der Waals surface area contributed by atoms with Crippen LogP contribution in [-0.2, 0) is 10.9 Å². The predicted molar refractivity (Wildman–Crippen MR) is 66.3 cm³/mol. The average Bonchev–Trinajstić information content (AvgIpc) is 2.37. The van der Waals surface area contributed by atoms with E-state index in [2.05, 4.69) is 5.32 Å². The van der Waals surface area contributed by atoms with E-state index in [-0.39, 0.29) is 5.75 Å². The maximum absolute atomic E-state index is 12.4. The fraction of sp³-hybridized carbons (Fsp3) is 0.538. The molecule has 0 fully saturated rings. The zero-order chi connectivity index (χ0) is 14.1. The summed E-state index contributed by atoms with van der Waals surface area (Å²) in [5, 5.41) is 3.11. The van der Waals surface area contributed by atoms with Gasteiger partial charge in [-0.05, 0) is 31.2 Å². The molecule has 0 spiro atoms. The Hall–Kier alpha value is -1.27. The van der Waals surface area contributed by atoms with Crippen LogP contribution >= 0.6 is 0 Å². The van der Waals surface area contributed by atoms with Crippen molar-refractivity contribution in [1.82, 2.24) is 5.32 Å². The van der Waals surface area contributed by atoms with Gasteiger partial charge in [-0.15, -0.1) is 0 Å². The van der Waals surface area contributed by atoms with Gasteiger partial charge in [-0.1, -0.05) is 6.07 Å². The fourth-order valence-electron chi connectivity index (χ4n) is 1.47. The number of alkyl halides is 3. The molecule has 3 nitrogen and oxygen atoms in total. The van der Waals surface area contributed by atoms with Crippen LogP contribution in [0.4, 0.5) is 13.2 Å². The molecule has 1 rings (SSSR count). The second-order valence-electron chi connectivity index (χ2n) is 3.97. The van der Waals surface area contributed by atoms with Gasteiger partial charge < -0.3 is 14.8 Å². The van der Waals surface area contributed by atoms with Crippen molar-refractivity contribution in [3.05, 3.63) is 29.8 Å². The van der Waals surface area contributed by atoms with Gasteiger partial charge in [-0.3, -0.25) is 0 Å². The van der Waals surface area contributed by atoms with Crippen LogP contribution < -0.4 is 10.1 Å². The lowest BCUT2D eigenvalue weighted by atomic mass is 10.2. The Bertz CT molecular complexity index is 369. The van der Waals surface area contributed by atoms with Crippen molar-refractivity contribution in [2.45, 2.75) is 12.6 Å². The van der Waals surface area contributed by atoms with Crippen molar-refractivity contribution >= 4 is 0 Å². The summed E-state index contributed by atoms with van der Waals surface area (Å²) in [6.45, 7) is 2.38. The second-order valence-corrected chi connectivity index (χ2v) is 3.97. The molecule has 0 bridgehead atoms. The van der Waals surface area contributed by atoms with E-state index in [1.165, 1.54) is 12.1 Å². The molecule has 0 radical (unpaired) electrons. The Kier molecular flexibility index (Phi) is 6.66. The van der Waals surface area contributed by atoms with E-state index in [9.17, 15) is 13.2 Å². The molecule has 0 unspecified atom stereocenters. The molecule has 19 heavy (non-hydrogen) atoms. The van der Waals surface area contributed by atoms with E-state index in [1.54, 1.807) is 7.11 Å². The van der Waals surface area contributed by atoms with Crippen LogP contribution in [-0.4, -0.2) is 33.4 Å². The molecular weight excluding hydrogens is 259 g/mol. The van der Waals surface area contributed by atoms with E-state index in [0.717, 1.165) is 25.1 Å². The molecule has 1 aromatic rings. The highest BCUT2D eigenvalue weighted by molar-refractivity contribution is 5.30. The second kappa shape index (κ2) is 8.01. The van der Waals surface area contributed by atoms with Crippen molar-refractivity contribution < 1.29 is 22.6 Å². The summed E-state index contributed by atoms with van der Waals surface area (Å²) < 4.78 is 47.5. The van der Waals surface area contributed by atoms with Gasteiger partial charge in [0, 0.05) is 20.3 Å². The van der Waals surface area contributed by atoms with Gasteiger partial charge in [0.1, 0.15) is 12.4 Å². The predicted octanol–water partition coefficient (Wildman–Crippen LogP) is 2.71. The first kappa shape index (κ1) is 15.8. The van der Waals surface area contributed by atoms with Crippen molar-refractivity contribution in [3.63, 3.8) is 0 Å². The molecule has 1 aromatic carbocycles. The van der Waals surface area contributed by atoms with Gasteiger partial charge in [0.2, 0.25) is 0 Å². The highest BCUT2D eigenvalue weighted by atomic mass is 19.4. The number of halogens is 3. The number of rotatable bonds is 8. The minimum Gasteiger partial charge on any atom is -0.492 e. The van der Waals surface area contributed by atoms with E-state index < -0.39 is 11.7 Å². The SMILES string of the molecule is COCCCNCCOc1cccc(C(F)(F)F)c1. The van der Waals surface area contributed by atoms with Crippen LogP contribution in [0.5, 0.6) is 5.75 Å². The third kappa shape index (κ3) is 6.45. The summed E-state index contributed by atoms with van der Waals surface area (Å²) in [6, 6.07) is 4.88. The number of benzene rings is 1. The lowest BCUT2D eigenvalue weighted by Gasteiger charge is -2.10. The Morgan fingerprint density at radius 3 is 2.63 bits per heavy atom. The van der Waals surface area contributed by atoms with Gasteiger partial charge in [0.15, 0.2) is 0 Å². The molecule has 0 atom stereocenters. The lowest BCUT2D eigenvalue weighted by Crippen LogP contribution is -2.23. The van der Waals surface area contributed by atoms with Crippen LogP contribution in [0.1, 0.15) is 12.0 Å². The molecule has 0 amide bonds. The molecule has 0 heterocycles. The van der Waals surface area contributed by atoms with E-state index in [0.29, 0.717) is 19.8 Å². The van der Waals surface area contributed by atoms with Gasteiger partial charge in [-0.2, -0.15) is 13.2 Å². The largest absolute Gasteiger partial charge is 0.492 e. The van der Waals surface area contributed by atoms with E-state index in [4.69, 9.17) is 9.47 Å². The summed E-state index contributed by atoms with van der Waals surface area (Å²) in [5.74, 6) is 0.230. The molecule has 0 aliphatic rings. The molecule has 6 heteroatoms. The summed E-state index contributed by atoms with van der Waals surface area (Å²) in [4.78, 5) is 0. The first-order chi connectivity index (χ1) is 9.04. The Morgan fingerprint density at radius 2 is 1.95 bits per heavy atom. The lowest BCUT2D eigenvalue weighted by molar-refractivity contribution is -0.137. The minimum absolute atomic E-state index is 0.230. The van der Waals surface area contributed by atoms with Gasteiger partial charge in [0.25, 0.3) is 0 Å². The molecule has 0 aromatic heterocycles. The van der Waals surface area contributed by atoms with Crippen LogP contribution in [0.25, 0.3) is 0 Å². The Balaban J connectivity index is 2.26. The maximum Gasteiger partial charge on any atom is 0.416 e. The number of ether oxygens (including phenoxy) is 2. The first-order valence-electron chi connectivity index (χ1n) is 6.04. The standard InChI is InChI=1S/C13H18F3NO2/c1-18-8-3-6-17-7-9-19-12-5-2-4-11(10-12)13(14,15)16/h2,4-5,10,17H,3,6-9H2,1H3.